The number of aliphatic carboxylic acids is 1. The third kappa shape index (κ3) is 6.07. The quantitative estimate of drug-likeness (QED) is 0.238. The van der Waals surface area contributed by atoms with Crippen LogP contribution in [-0.2, 0) is 9.59 Å². The Morgan fingerprint density at radius 3 is 2.53 bits per heavy atom. The zero-order valence-electron chi connectivity index (χ0n) is 21.0. The number of nitrogens with zero attached hydrogens (tertiary/aromatic N) is 1. The molecule has 1 unspecified atom stereocenters. The molecule has 9 heteroatoms. The second kappa shape index (κ2) is 11.6. The van der Waals surface area contributed by atoms with Crippen LogP contribution in [0.1, 0.15) is 55.7 Å². The summed E-state index contributed by atoms with van der Waals surface area (Å²) in [6.07, 6.45) is 2.29. The fourth-order valence-electron chi connectivity index (χ4n) is 5.74. The van der Waals surface area contributed by atoms with Crippen LogP contribution >= 0.6 is 46.5 Å². The van der Waals surface area contributed by atoms with Crippen molar-refractivity contribution in [1.82, 2.24) is 9.62 Å². The lowest BCUT2D eigenvalue weighted by atomic mass is 9.67. The lowest BCUT2D eigenvalue weighted by Crippen LogP contribution is -2.58. The lowest BCUT2D eigenvalue weighted by molar-refractivity contribution is -0.161. The third-order valence-corrected chi connectivity index (χ3v) is 9.95. The van der Waals surface area contributed by atoms with Crippen molar-refractivity contribution in [2.24, 2.45) is 11.3 Å². The lowest BCUT2D eigenvalue weighted by Gasteiger charge is -2.52. The average Bonchev–Trinajstić information content (AvgIpc) is 3.58. The molecular weight excluding hydrogens is 559 g/mol. The van der Waals surface area contributed by atoms with Gasteiger partial charge in [0.15, 0.2) is 0 Å². The number of likely N-dealkylation sites (tertiary alicyclic amines) is 1. The molecule has 2 heterocycles. The first-order valence-electron chi connectivity index (χ1n) is 12.7. The van der Waals surface area contributed by atoms with Crippen LogP contribution in [0.15, 0.2) is 70.3 Å². The number of hydrogen-bond acceptors (Lipinski definition) is 5. The number of piperidine rings is 1. The Bertz CT molecular complexity index is 1280. The molecule has 3 aromatic rings. The van der Waals surface area contributed by atoms with Crippen LogP contribution in [0.25, 0.3) is 0 Å². The van der Waals surface area contributed by atoms with Crippen LogP contribution in [0.4, 0.5) is 0 Å². The number of nitrogens with one attached hydrogen (secondary N) is 1. The highest BCUT2D eigenvalue weighted by molar-refractivity contribution is 7.99. The number of carboxylic acid groups (broad SMARTS) is 1. The molecule has 5 rings (SSSR count). The van der Waals surface area contributed by atoms with E-state index in [-0.39, 0.29) is 30.3 Å². The predicted molar refractivity (Wildman–Crippen MR) is 155 cm³/mol. The molecule has 0 spiro atoms. The summed E-state index contributed by atoms with van der Waals surface area (Å²) in [5.74, 6) is -0.844. The minimum atomic E-state index is -1.05. The highest BCUT2D eigenvalue weighted by atomic mass is 35.5. The van der Waals surface area contributed by atoms with Gasteiger partial charge in [-0.05, 0) is 84.0 Å². The Balaban J connectivity index is 1.59. The molecule has 0 radical (unpaired) electrons. The van der Waals surface area contributed by atoms with Gasteiger partial charge in [-0.1, -0.05) is 60.5 Å². The van der Waals surface area contributed by atoms with E-state index in [1.807, 2.05) is 71.8 Å². The van der Waals surface area contributed by atoms with Gasteiger partial charge >= 0.3 is 5.97 Å². The normalized spacial score (nSPS) is 24.4. The maximum Gasteiger partial charge on any atom is 0.304 e. The molecule has 1 saturated carbocycles. The molecule has 1 saturated heterocycles. The standard InChI is InChI=1S/C29H30Cl2N2O3S2/c1-29(16-25(34)35)15-23(20-4-2-5-22(31)14-20)27(19-9-11-21(30)12-10-19)33(28(29)36)24(18-7-8-18)17-32-38-26-6-3-13-37-26/h2-6,9-14,18,23-24,27,32H,7-8,15-17H2,1H3,(H,34,35)/t23-,24?,27-,29-/m1/s1. The topological polar surface area (TPSA) is 69.6 Å². The summed E-state index contributed by atoms with van der Waals surface area (Å²) in [6, 6.07) is 19.2. The van der Waals surface area contributed by atoms with Gasteiger partial charge in [-0.2, -0.15) is 0 Å². The summed E-state index contributed by atoms with van der Waals surface area (Å²) < 4.78 is 4.67. The fourth-order valence-corrected chi connectivity index (χ4v) is 7.59. The molecule has 1 aliphatic carbocycles. The van der Waals surface area contributed by atoms with Gasteiger partial charge in [-0.3, -0.25) is 14.3 Å². The molecule has 4 atom stereocenters. The summed E-state index contributed by atoms with van der Waals surface area (Å²) in [4.78, 5) is 28.4. The Hall–Kier alpha value is -2.03. The molecule has 5 nitrogen and oxygen atoms in total. The van der Waals surface area contributed by atoms with Crippen LogP contribution in [0.2, 0.25) is 10.0 Å². The van der Waals surface area contributed by atoms with Crippen molar-refractivity contribution < 1.29 is 14.7 Å². The molecule has 0 bridgehead atoms. The van der Waals surface area contributed by atoms with E-state index in [0.717, 1.165) is 28.2 Å². The third-order valence-electron chi connectivity index (χ3n) is 7.62. The molecule has 1 aliphatic heterocycles. The molecule has 1 amide bonds. The second-order valence-corrected chi connectivity index (χ2v) is 13.5. The molecule has 2 N–H and O–H groups in total. The number of hydrogen-bond donors (Lipinski definition) is 2. The number of carbonyl (C=O) groups excluding carboxylic acids is 1. The number of thiophene rings is 1. The Morgan fingerprint density at radius 2 is 1.89 bits per heavy atom. The fraction of sp³-hybridized carbons (Fsp3) is 0.379. The van der Waals surface area contributed by atoms with Gasteiger partial charge in [-0.15, -0.1) is 11.3 Å². The largest absolute Gasteiger partial charge is 0.481 e. The monoisotopic (exact) mass is 588 g/mol. The van der Waals surface area contributed by atoms with E-state index in [1.165, 1.54) is 0 Å². The van der Waals surface area contributed by atoms with Crippen molar-refractivity contribution in [3.63, 3.8) is 0 Å². The molecule has 1 aromatic heterocycles. The Morgan fingerprint density at radius 1 is 1.13 bits per heavy atom. The number of rotatable bonds is 10. The van der Waals surface area contributed by atoms with Crippen molar-refractivity contribution in [2.45, 2.75) is 54.8 Å². The van der Waals surface area contributed by atoms with Crippen molar-refractivity contribution in [1.29, 1.82) is 0 Å². The SMILES string of the molecule is C[C@]1(CC(=O)O)C[C@H](c2cccc(Cl)c2)[C@@H](c2ccc(Cl)cc2)N(C(CNSc2cccs2)C2CC2)C1=O. The summed E-state index contributed by atoms with van der Waals surface area (Å²) >= 11 is 15.9. The van der Waals surface area contributed by atoms with Gasteiger partial charge < -0.3 is 10.0 Å². The van der Waals surface area contributed by atoms with E-state index in [0.29, 0.717) is 28.9 Å². The first kappa shape index (κ1) is 27.5. The van der Waals surface area contributed by atoms with E-state index in [1.54, 1.807) is 23.3 Å². The van der Waals surface area contributed by atoms with Crippen LogP contribution < -0.4 is 4.72 Å². The number of benzene rings is 2. The van der Waals surface area contributed by atoms with E-state index >= 15 is 0 Å². The van der Waals surface area contributed by atoms with Gasteiger partial charge in [0.25, 0.3) is 0 Å². The maximum atomic E-state index is 14.4. The first-order valence-corrected chi connectivity index (χ1v) is 15.2. The summed E-state index contributed by atoms with van der Waals surface area (Å²) in [6.45, 7) is 2.42. The minimum Gasteiger partial charge on any atom is -0.481 e. The van der Waals surface area contributed by atoms with E-state index in [2.05, 4.69) is 10.8 Å². The van der Waals surface area contributed by atoms with Gasteiger partial charge in [0.1, 0.15) is 0 Å². The highest BCUT2D eigenvalue weighted by Crippen LogP contribution is 2.54. The van der Waals surface area contributed by atoms with Gasteiger partial charge in [0.05, 0.1) is 22.1 Å². The maximum absolute atomic E-state index is 14.4. The highest BCUT2D eigenvalue weighted by Gasteiger charge is 2.54. The average molecular weight is 590 g/mol. The van der Waals surface area contributed by atoms with Crippen molar-refractivity contribution in [3.05, 3.63) is 87.2 Å². The molecule has 2 aliphatic rings. The smallest absolute Gasteiger partial charge is 0.304 e. The Kier molecular flexibility index (Phi) is 8.41. The van der Waals surface area contributed by atoms with E-state index in [4.69, 9.17) is 23.2 Å². The van der Waals surface area contributed by atoms with Gasteiger partial charge in [-0.25, -0.2) is 0 Å². The van der Waals surface area contributed by atoms with Crippen LogP contribution in [0.3, 0.4) is 0 Å². The van der Waals surface area contributed by atoms with E-state index < -0.39 is 11.4 Å². The summed E-state index contributed by atoms with van der Waals surface area (Å²) in [5.41, 5.74) is 0.944. The number of carbonyl (C=O) groups is 2. The van der Waals surface area contributed by atoms with Gasteiger partial charge in [0.2, 0.25) is 5.91 Å². The number of amides is 1. The van der Waals surface area contributed by atoms with Crippen molar-refractivity contribution in [2.75, 3.05) is 6.54 Å². The van der Waals surface area contributed by atoms with Crippen LogP contribution in [0.5, 0.6) is 0 Å². The predicted octanol–water partition coefficient (Wildman–Crippen LogP) is 7.67. The molecule has 200 valence electrons. The van der Waals surface area contributed by atoms with E-state index in [9.17, 15) is 14.7 Å². The second-order valence-electron chi connectivity index (χ2n) is 10.5. The van der Waals surface area contributed by atoms with Crippen molar-refractivity contribution in [3.8, 4) is 0 Å². The van der Waals surface area contributed by atoms with Crippen LogP contribution in [0, 0.1) is 11.3 Å². The van der Waals surface area contributed by atoms with Gasteiger partial charge in [0, 0.05) is 28.5 Å². The zero-order chi connectivity index (χ0) is 26.9. The zero-order valence-corrected chi connectivity index (χ0v) is 24.1. The number of halogens is 2. The first-order chi connectivity index (χ1) is 18.2. The summed E-state index contributed by atoms with van der Waals surface area (Å²) in [7, 11) is 0. The molecule has 2 aromatic carbocycles. The molecular formula is C29H30Cl2N2O3S2. The van der Waals surface area contributed by atoms with Crippen LogP contribution in [-0.4, -0.2) is 34.5 Å². The molecule has 2 fully saturated rings. The molecule has 38 heavy (non-hydrogen) atoms. The number of carboxylic acids is 1. The van der Waals surface area contributed by atoms with Crippen molar-refractivity contribution >= 4 is 58.4 Å². The Labute approximate surface area is 241 Å². The minimum absolute atomic E-state index is 0.0780. The summed E-state index contributed by atoms with van der Waals surface area (Å²) in [5, 5.41) is 13.1.